The van der Waals surface area contributed by atoms with Crippen LogP contribution in [-0.4, -0.2) is 34.5 Å². The number of aryl methyl sites for hydroxylation is 2. The topological polar surface area (TPSA) is 69.7 Å². The Hall–Kier alpha value is -3.16. The van der Waals surface area contributed by atoms with E-state index in [-0.39, 0.29) is 10.8 Å². The molecule has 0 aliphatic carbocycles. The summed E-state index contributed by atoms with van der Waals surface area (Å²) in [6.07, 6.45) is 2.63. The molecule has 0 radical (unpaired) electrons. The first kappa shape index (κ1) is 23.6. The Bertz CT molecular complexity index is 1350. The number of likely N-dealkylation sites (N-methyl/N-ethyl adjacent to an activating group) is 1. The number of benzene rings is 3. The standard InChI is InChI=1S/C28H31N3O3S/c1-28(2)23-19-22(15-16-26(23)30(3)27(28)32)35(33,34)29-17-8-18-31-24-11-6-4-9-20(24)13-14-21-10-5-7-12-25(21)31/h4-7,9-12,15-16,19,29H,8,13-14,17-18H2,1-3H3. The van der Waals surface area contributed by atoms with Crippen LogP contribution in [0.2, 0.25) is 0 Å². The predicted molar refractivity (Wildman–Crippen MR) is 140 cm³/mol. The zero-order valence-electron chi connectivity index (χ0n) is 20.4. The highest BCUT2D eigenvalue weighted by Gasteiger charge is 2.42. The first-order valence-corrected chi connectivity index (χ1v) is 13.5. The molecule has 2 aliphatic rings. The lowest BCUT2D eigenvalue weighted by atomic mass is 9.86. The van der Waals surface area contributed by atoms with E-state index in [1.165, 1.54) is 22.5 Å². The normalized spacial score (nSPS) is 16.5. The highest BCUT2D eigenvalue weighted by Crippen LogP contribution is 2.41. The molecule has 1 amide bonds. The molecular formula is C28H31N3O3S. The van der Waals surface area contributed by atoms with Crippen molar-refractivity contribution in [3.8, 4) is 0 Å². The number of fused-ring (bicyclic) bond motifs is 3. The zero-order chi connectivity index (χ0) is 24.8. The summed E-state index contributed by atoms with van der Waals surface area (Å²) < 4.78 is 28.9. The molecule has 0 atom stereocenters. The molecule has 0 bridgehead atoms. The van der Waals surface area contributed by atoms with Crippen molar-refractivity contribution in [1.82, 2.24) is 4.72 Å². The average Bonchev–Trinajstić information content (AvgIpc) is 2.97. The molecule has 182 valence electrons. The maximum absolute atomic E-state index is 13.1. The number of amides is 1. The van der Waals surface area contributed by atoms with Gasteiger partial charge in [-0.25, -0.2) is 13.1 Å². The van der Waals surface area contributed by atoms with Crippen LogP contribution < -0.4 is 14.5 Å². The number of sulfonamides is 1. The second-order valence-electron chi connectivity index (χ2n) is 9.83. The molecule has 7 heteroatoms. The average molecular weight is 490 g/mol. The Morgan fingerprint density at radius 3 is 2.11 bits per heavy atom. The Morgan fingerprint density at radius 2 is 1.49 bits per heavy atom. The fourth-order valence-corrected chi connectivity index (χ4v) is 6.36. The predicted octanol–water partition coefficient (Wildman–Crippen LogP) is 4.55. The van der Waals surface area contributed by atoms with Crippen LogP contribution in [0.15, 0.2) is 71.6 Å². The molecule has 3 aromatic carbocycles. The van der Waals surface area contributed by atoms with Crippen molar-refractivity contribution < 1.29 is 13.2 Å². The lowest BCUT2D eigenvalue weighted by Crippen LogP contribution is -2.33. The third kappa shape index (κ3) is 4.13. The van der Waals surface area contributed by atoms with Gasteiger partial charge < -0.3 is 9.80 Å². The van der Waals surface area contributed by atoms with Gasteiger partial charge in [0.2, 0.25) is 15.9 Å². The van der Waals surface area contributed by atoms with Crippen LogP contribution in [-0.2, 0) is 33.1 Å². The van der Waals surface area contributed by atoms with E-state index in [1.807, 2.05) is 13.8 Å². The van der Waals surface area contributed by atoms with Gasteiger partial charge in [0.25, 0.3) is 0 Å². The van der Waals surface area contributed by atoms with E-state index in [0.717, 1.165) is 24.1 Å². The van der Waals surface area contributed by atoms with E-state index in [2.05, 4.69) is 58.2 Å². The van der Waals surface area contributed by atoms with Gasteiger partial charge in [0.15, 0.2) is 0 Å². The molecule has 35 heavy (non-hydrogen) atoms. The van der Waals surface area contributed by atoms with E-state index >= 15 is 0 Å². The van der Waals surface area contributed by atoms with Gasteiger partial charge in [0, 0.05) is 37.2 Å². The summed E-state index contributed by atoms with van der Waals surface area (Å²) in [5.41, 5.74) is 5.76. The van der Waals surface area contributed by atoms with Crippen molar-refractivity contribution >= 4 is 33.0 Å². The van der Waals surface area contributed by atoms with Crippen molar-refractivity contribution in [2.75, 3.05) is 29.9 Å². The van der Waals surface area contributed by atoms with Gasteiger partial charge >= 0.3 is 0 Å². The number of para-hydroxylation sites is 2. The lowest BCUT2D eigenvalue weighted by molar-refractivity contribution is -0.121. The van der Waals surface area contributed by atoms with E-state index < -0.39 is 15.4 Å². The van der Waals surface area contributed by atoms with E-state index in [0.29, 0.717) is 19.5 Å². The number of carbonyl (C=O) groups excluding carboxylic acids is 1. The number of nitrogens with one attached hydrogen (secondary N) is 1. The van der Waals surface area contributed by atoms with Gasteiger partial charge in [-0.3, -0.25) is 4.79 Å². The molecule has 1 N–H and O–H groups in total. The zero-order valence-corrected chi connectivity index (χ0v) is 21.2. The van der Waals surface area contributed by atoms with Gasteiger partial charge in [-0.15, -0.1) is 0 Å². The number of carbonyl (C=O) groups is 1. The largest absolute Gasteiger partial charge is 0.341 e. The van der Waals surface area contributed by atoms with Crippen LogP contribution in [0.3, 0.4) is 0 Å². The van der Waals surface area contributed by atoms with Crippen LogP contribution in [0.4, 0.5) is 17.1 Å². The van der Waals surface area contributed by atoms with Gasteiger partial charge in [-0.1, -0.05) is 36.4 Å². The minimum absolute atomic E-state index is 0.0342. The number of anilines is 3. The molecule has 0 unspecified atom stereocenters. The molecule has 0 spiro atoms. The molecule has 0 fully saturated rings. The highest BCUT2D eigenvalue weighted by atomic mass is 32.2. The molecular weight excluding hydrogens is 458 g/mol. The third-order valence-corrected chi connectivity index (χ3v) is 8.69. The SMILES string of the molecule is CN1C(=O)C(C)(C)c2cc(S(=O)(=O)NCCCN3c4ccccc4CCc4ccccc43)ccc21. The fraction of sp³-hybridized carbons (Fsp3) is 0.321. The first-order valence-electron chi connectivity index (χ1n) is 12.1. The summed E-state index contributed by atoms with van der Waals surface area (Å²) in [5.74, 6) is -0.0342. The Balaban J connectivity index is 1.31. The molecule has 0 aromatic heterocycles. The number of nitrogens with zero attached hydrogens (tertiary/aromatic N) is 2. The molecule has 0 saturated carbocycles. The first-order chi connectivity index (χ1) is 16.7. The molecule has 2 aliphatic heterocycles. The Kier molecular flexibility index (Phi) is 5.93. The van der Waals surface area contributed by atoms with E-state index in [4.69, 9.17) is 0 Å². The van der Waals surface area contributed by atoms with Crippen molar-refractivity contribution in [1.29, 1.82) is 0 Å². The lowest BCUT2D eigenvalue weighted by Gasteiger charge is -2.27. The van der Waals surface area contributed by atoms with Crippen molar-refractivity contribution in [3.63, 3.8) is 0 Å². The minimum atomic E-state index is -3.70. The third-order valence-electron chi connectivity index (χ3n) is 7.23. The van der Waals surface area contributed by atoms with Crippen molar-refractivity contribution in [2.24, 2.45) is 0 Å². The summed E-state index contributed by atoms with van der Waals surface area (Å²) in [5, 5.41) is 0. The summed E-state index contributed by atoms with van der Waals surface area (Å²) in [6, 6.07) is 21.8. The number of rotatable bonds is 6. The monoisotopic (exact) mass is 489 g/mol. The molecule has 0 saturated heterocycles. The smallest absolute Gasteiger partial charge is 0.240 e. The van der Waals surface area contributed by atoms with Crippen LogP contribution in [0.5, 0.6) is 0 Å². The van der Waals surface area contributed by atoms with Gasteiger partial charge in [-0.05, 0) is 80.1 Å². The maximum atomic E-state index is 13.1. The molecule has 3 aromatic rings. The summed E-state index contributed by atoms with van der Waals surface area (Å²) in [7, 11) is -1.97. The second kappa shape index (κ2) is 8.81. The van der Waals surface area contributed by atoms with E-state index in [9.17, 15) is 13.2 Å². The van der Waals surface area contributed by atoms with Crippen LogP contribution in [0.25, 0.3) is 0 Å². The Morgan fingerprint density at radius 1 is 0.886 bits per heavy atom. The fourth-order valence-electron chi connectivity index (χ4n) is 5.26. The quantitative estimate of drug-likeness (QED) is 0.516. The summed E-state index contributed by atoms with van der Waals surface area (Å²) >= 11 is 0. The van der Waals surface area contributed by atoms with E-state index in [1.54, 1.807) is 30.1 Å². The van der Waals surface area contributed by atoms with Crippen LogP contribution in [0, 0.1) is 0 Å². The highest BCUT2D eigenvalue weighted by molar-refractivity contribution is 7.89. The van der Waals surface area contributed by atoms with Crippen molar-refractivity contribution in [3.05, 3.63) is 83.4 Å². The van der Waals surface area contributed by atoms with Gasteiger partial charge in [0.1, 0.15) is 0 Å². The van der Waals surface area contributed by atoms with Gasteiger partial charge in [0.05, 0.1) is 10.3 Å². The van der Waals surface area contributed by atoms with Crippen molar-refractivity contribution in [2.45, 2.75) is 43.4 Å². The number of hydrogen-bond acceptors (Lipinski definition) is 4. The molecule has 2 heterocycles. The number of hydrogen-bond donors (Lipinski definition) is 1. The minimum Gasteiger partial charge on any atom is -0.341 e. The molecule has 6 nitrogen and oxygen atoms in total. The van der Waals surface area contributed by atoms with Crippen LogP contribution in [0.1, 0.15) is 37.0 Å². The second-order valence-corrected chi connectivity index (χ2v) is 11.6. The summed E-state index contributed by atoms with van der Waals surface area (Å²) in [4.78, 5) is 16.7. The molecule has 5 rings (SSSR count). The summed E-state index contributed by atoms with van der Waals surface area (Å²) in [6.45, 7) is 4.69. The van der Waals surface area contributed by atoms with Crippen LogP contribution >= 0.6 is 0 Å². The maximum Gasteiger partial charge on any atom is 0.240 e. The Labute approximate surface area is 207 Å². The van der Waals surface area contributed by atoms with Gasteiger partial charge in [-0.2, -0.15) is 0 Å².